The second-order valence-electron chi connectivity index (χ2n) is 4.86. The van der Waals surface area contributed by atoms with Gasteiger partial charge in [-0.25, -0.2) is 0 Å². The first-order valence-corrected chi connectivity index (χ1v) is 6.41. The van der Waals surface area contributed by atoms with Gasteiger partial charge in [0.25, 0.3) is 0 Å². The van der Waals surface area contributed by atoms with Gasteiger partial charge in [0, 0.05) is 26.2 Å². The van der Waals surface area contributed by atoms with E-state index in [1.54, 1.807) is 0 Å². The van der Waals surface area contributed by atoms with Gasteiger partial charge in [0.2, 0.25) is 0 Å². The Balaban J connectivity index is 1.66. The van der Waals surface area contributed by atoms with Crippen LogP contribution in [-0.2, 0) is 4.74 Å². The standard InChI is InChI=1S/C12H23N3O/c1-15(10-5-6-10)12(13)14-8-7-11-4-2-3-9-16-11/h10-11H,2-9H2,1H3,(H2,13,14). The molecule has 0 bridgehead atoms. The lowest BCUT2D eigenvalue weighted by molar-refractivity contribution is 0.0129. The summed E-state index contributed by atoms with van der Waals surface area (Å²) in [4.78, 5) is 6.52. The molecule has 0 aromatic carbocycles. The average Bonchev–Trinajstić information content (AvgIpc) is 3.13. The fourth-order valence-electron chi connectivity index (χ4n) is 2.12. The molecule has 0 radical (unpaired) electrons. The van der Waals surface area contributed by atoms with Crippen molar-refractivity contribution in [3.63, 3.8) is 0 Å². The Morgan fingerprint density at radius 1 is 1.38 bits per heavy atom. The van der Waals surface area contributed by atoms with Gasteiger partial charge < -0.3 is 15.4 Å². The maximum Gasteiger partial charge on any atom is 0.191 e. The summed E-state index contributed by atoms with van der Waals surface area (Å²) in [6.07, 6.45) is 7.65. The number of ether oxygens (including phenoxy) is 1. The van der Waals surface area contributed by atoms with Crippen LogP contribution in [0.2, 0.25) is 0 Å². The number of hydrogen-bond acceptors (Lipinski definition) is 2. The van der Waals surface area contributed by atoms with Crippen molar-refractivity contribution in [1.29, 1.82) is 0 Å². The summed E-state index contributed by atoms with van der Waals surface area (Å²) in [5.74, 6) is 0.693. The molecule has 1 atom stereocenters. The van der Waals surface area contributed by atoms with E-state index in [0.29, 0.717) is 18.1 Å². The summed E-state index contributed by atoms with van der Waals surface area (Å²) in [6.45, 7) is 1.72. The van der Waals surface area contributed by atoms with Crippen molar-refractivity contribution >= 4 is 5.96 Å². The van der Waals surface area contributed by atoms with E-state index in [9.17, 15) is 0 Å². The van der Waals surface area contributed by atoms with Crippen LogP contribution in [0.1, 0.15) is 38.5 Å². The molecule has 4 nitrogen and oxygen atoms in total. The molecule has 2 rings (SSSR count). The summed E-state index contributed by atoms with van der Waals surface area (Å²) in [7, 11) is 2.04. The summed E-state index contributed by atoms with van der Waals surface area (Å²) in [5, 5.41) is 0. The van der Waals surface area contributed by atoms with Crippen LogP contribution in [0, 0.1) is 0 Å². The van der Waals surface area contributed by atoms with E-state index in [-0.39, 0.29) is 0 Å². The maximum atomic E-state index is 5.91. The lowest BCUT2D eigenvalue weighted by atomic mass is 10.1. The number of hydrogen-bond donors (Lipinski definition) is 1. The van der Waals surface area contributed by atoms with Gasteiger partial charge in [-0.1, -0.05) is 0 Å². The highest BCUT2D eigenvalue weighted by atomic mass is 16.5. The number of guanidine groups is 1. The van der Waals surface area contributed by atoms with Gasteiger partial charge in [-0.2, -0.15) is 0 Å². The van der Waals surface area contributed by atoms with Crippen LogP contribution >= 0.6 is 0 Å². The van der Waals surface area contributed by atoms with Crippen molar-refractivity contribution in [3.05, 3.63) is 0 Å². The first-order valence-electron chi connectivity index (χ1n) is 6.41. The molecule has 0 aromatic heterocycles. The second-order valence-corrected chi connectivity index (χ2v) is 4.86. The molecule has 1 aliphatic carbocycles. The van der Waals surface area contributed by atoms with Crippen molar-refractivity contribution in [2.45, 2.75) is 50.7 Å². The zero-order valence-electron chi connectivity index (χ0n) is 10.2. The number of aliphatic imine (C=N–C) groups is 1. The highest BCUT2D eigenvalue weighted by Gasteiger charge is 2.27. The SMILES string of the molecule is CN(C(N)=NCCC1CCCCO1)C1CC1. The third-order valence-electron chi connectivity index (χ3n) is 3.45. The number of nitrogens with two attached hydrogens (primary N) is 1. The van der Waals surface area contributed by atoms with Crippen molar-refractivity contribution in [3.8, 4) is 0 Å². The van der Waals surface area contributed by atoms with E-state index in [4.69, 9.17) is 10.5 Å². The minimum atomic E-state index is 0.413. The predicted octanol–water partition coefficient (Wildman–Crippen LogP) is 1.35. The van der Waals surface area contributed by atoms with Gasteiger partial charge in [-0.05, 0) is 38.5 Å². The van der Waals surface area contributed by atoms with Gasteiger partial charge in [0.15, 0.2) is 5.96 Å². The molecule has 2 N–H and O–H groups in total. The number of rotatable bonds is 4. The highest BCUT2D eigenvalue weighted by molar-refractivity contribution is 5.78. The Kier molecular flexibility index (Phi) is 4.04. The molecule has 16 heavy (non-hydrogen) atoms. The van der Waals surface area contributed by atoms with Crippen molar-refractivity contribution < 1.29 is 4.74 Å². The van der Waals surface area contributed by atoms with E-state index in [0.717, 1.165) is 19.6 Å². The normalized spacial score (nSPS) is 26.8. The monoisotopic (exact) mass is 225 g/mol. The molecule has 1 saturated heterocycles. The third-order valence-corrected chi connectivity index (χ3v) is 3.45. The van der Waals surface area contributed by atoms with Crippen molar-refractivity contribution in [2.24, 2.45) is 10.7 Å². The van der Waals surface area contributed by atoms with Crippen LogP contribution in [0.3, 0.4) is 0 Å². The van der Waals surface area contributed by atoms with E-state index >= 15 is 0 Å². The molecule has 1 unspecified atom stereocenters. The quantitative estimate of drug-likeness (QED) is 0.580. The first kappa shape index (κ1) is 11.7. The Morgan fingerprint density at radius 2 is 2.19 bits per heavy atom. The van der Waals surface area contributed by atoms with Gasteiger partial charge >= 0.3 is 0 Å². The second kappa shape index (κ2) is 5.53. The van der Waals surface area contributed by atoms with E-state index in [1.807, 2.05) is 7.05 Å². The molecule has 1 heterocycles. The van der Waals surface area contributed by atoms with Crippen LogP contribution < -0.4 is 5.73 Å². The molecule has 4 heteroatoms. The largest absolute Gasteiger partial charge is 0.378 e. The lowest BCUT2D eigenvalue weighted by Gasteiger charge is -2.22. The highest BCUT2D eigenvalue weighted by Crippen LogP contribution is 2.24. The lowest BCUT2D eigenvalue weighted by Crippen LogP contribution is -2.36. The minimum absolute atomic E-state index is 0.413. The minimum Gasteiger partial charge on any atom is -0.378 e. The Labute approximate surface area is 97.9 Å². The van der Waals surface area contributed by atoms with Crippen molar-refractivity contribution in [2.75, 3.05) is 20.2 Å². The van der Waals surface area contributed by atoms with E-state index < -0.39 is 0 Å². The fourth-order valence-corrected chi connectivity index (χ4v) is 2.12. The average molecular weight is 225 g/mol. The molecule has 1 aliphatic heterocycles. The molecular formula is C12H23N3O. The predicted molar refractivity (Wildman–Crippen MR) is 65.5 cm³/mol. The Morgan fingerprint density at radius 3 is 2.81 bits per heavy atom. The molecule has 0 aromatic rings. The molecule has 2 fully saturated rings. The van der Waals surface area contributed by atoms with Crippen LogP contribution in [0.25, 0.3) is 0 Å². The van der Waals surface area contributed by atoms with Crippen LogP contribution in [0.5, 0.6) is 0 Å². The zero-order chi connectivity index (χ0) is 11.4. The molecule has 1 saturated carbocycles. The summed E-state index contributed by atoms with van der Waals surface area (Å²) >= 11 is 0. The molecule has 2 aliphatic rings. The topological polar surface area (TPSA) is 50.8 Å². The maximum absolute atomic E-state index is 5.91. The zero-order valence-corrected chi connectivity index (χ0v) is 10.2. The smallest absolute Gasteiger partial charge is 0.191 e. The van der Waals surface area contributed by atoms with Crippen LogP contribution in [-0.4, -0.2) is 43.2 Å². The molecule has 0 amide bonds. The fraction of sp³-hybridized carbons (Fsp3) is 0.917. The number of nitrogens with zero attached hydrogens (tertiary/aromatic N) is 2. The third kappa shape index (κ3) is 3.37. The molecule has 92 valence electrons. The Bertz CT molecular complexity index is 245. The van der Waals surface area contributed by atoms with Crippen LogP contribution in [0.15, 0.2) is 4.99 Å². The van der Waals surface area contributed by atoms with Crippen LogP contribution in [0.4, 0.5) is 0 Å². The molecule has 0 spiro atoms. The Hall–Kier alpha value is -0.770. The van der Waals surface area contributed by atoms with Gasteiger partial charge in [-0.15, -0.1) is 0 Å². The summed E-state index contributed by atoms with van der Waals surface area (Å²) in [5.41, 5.74) is 5.91. The van der Waals surface area contributed by atoms with Gasteiger partial charge in [-0.3, -0.25) is 4.99 Å². The van der Waals surface area contributed by atoms with Crippen molar-refractivity contribution in [1.82, 2.24) is 4.90 Å². The molecular weight excluding hydrogens is 202 g/mol. The first-order chi connectivity index (χ1) is 7.77. The van der Waals surface area contributed by atoms with E-state index in [2.05, 4.69) is 9.89 Å². The van der Waals surface area contributed by atoms with Gasteiger partial charge in [0.05, 0.1) is 6.10 Å². The summed E-state index contributed by atoms with van der Waals surface area (Å²) in [6, 6.07) is 0.648. The van der Waals surface area contributed by atoms with E-state index in [1.165, 1.54) is 32.1 Å². The summed E-state index contributed by atoms with van der Waals surface area (Å²) < 4.78 is 5.66. The van der Waals surface area contributed by atoms with Gasteiger partial charge in [0.1, 0.15) is 0 Å².